The van der Waals surface area contributed by atoms with E-state index in [1.54, 1.807) is 0 Å². The van der Waals surface area contributed by atoms with Gasteiger partial charge in [0.05, 0.1) is 10.9 Å². The summed E-state index contributed by atoms with van der Waals surface area (Å²) in [4.78, 5) is 12.6. The molecule has 0 spiro atoms. The van der Waals surface area contributed by atoms with E-state index < -0.39 is 0 Å². The molecule has 1 aliphatic rings. The Balaban J connectivity index is 2.18. The van der Waals surface area contributed by atoms with Gasteiger partial charge in [-0.1, -0.05) is 30.7 Å². The largest absolute Gasteiger partial charge is 0.488 e. The number of fused-ring (bicyclic) bond motifs is 3. The van der Waals surface area contributed by atoms with Gasteiger partial charge in [0.15, 0.2) is 0 Å². The van der Waals surface area contributed by atoms with Crippen molar-refractivity contribution in [3.63, 3.8) is 0 Å². The quantitative estimate of drug-likeness (QED) is 0.598. The molecular weight excluding hydrogens is 288 g/mol. The Morgan fingerprint density at radius 2 is 2.09 bits per heavy atom. The van der Waals surface area contributed by atoms with Crippen molar-refractivity contribution in [1.29, 1.82) is 0 Å². The number of rotatable bonds is 3. The van der Waals surface area contributed by atoms with Crippen LogP contribution in [0, 0.1) is 6.92 Å². The van der Waals surface area contributed by atoms with Gasteiger partial charge in [0.25, 0.3) is 0 Å². The summed E-state index contributed by atoms with van der Waals surface area (Å²) >= 11 is 0. The minimum atomic E-state index is -0.321. The van der Waals surface area contributed by atoms with Gasteiger partial charge in [-0.2, -0.15) is 0 Å². The van der Waals surface area contributed by atoms with Gasteiger partial charge in [0, 0.05) is 5.41 Å². The van der Waals surface area contributed by atoms with Gasteiger partial charge in [0.1, 0.15) is 17.4 Å². The van der Waals surface area contributed by atoms with Gasteiger partial charge in [-0.15, -0.1) is 0 Å². The standard InChI is InChI=1S/C20H24O3/c1-12(2)8-7-11-20(5)14(4)22-18-16-13(3)9-6-10-15(16)23-19(21)17(18)20/h6,8-10,14H,7,11H2,1-5H3/t14-,20-/m1/s1. The highest BCUT2D eigenvalue weighted by molar-refractivity contribution is 5.88. The van der Waals surface area contributed by atoms with Crippen LogP contribution in [0.3, 0.4) is 0 Å². The molecule has 0 N–H and O–H groups in total. The molecule has 3 heteroatoms. The molecule has 0 fully saturated rings. The molecule has 1 aromatic carbocycles. The van der Waals surface area contributed by atoms with Crippen molar-refractivity contribution in [2.24, 2.45) is 0 Å². The lowest BCUT2D eigenvalue weighted by Gasteiger charge is -2.26. The van der Waals surface area contributed by atoms with Crippen LogP contribution in [0.1, 0.15) is 51.7 Å². The zero-order chi connectivity index (χ0) is 16.8. The van der Waals surface area contributed by atoms with Crippen molar-refractivity contribution in [3.8, 4) is 5.75 Å². The van der Waals surface area contributed by atoms with Gasteiger partial charge >= 0.3 is 5.63 Å². The van der Waals surface area contributed by atoms with Gasteiger partial charge < -0.3 is 9.15 Å². The van der Waals surface area contributed by atoms with Crippen LogP contribution in [0.15, 0.2) is 39.1 Å². The Bertz CT molecular complexity index is 840. The first-order valence-electron chi connectivity index (χ1n) is 8.21. The summed E-state index contributed by atoms with van der Waals surface area (Å²) in [5.74, 6) is 0.724. The van der Waals surface area contributed by atoms with E-state index in [4.69, 9.17) is 9.15 Å². The fourth-order valence-electron chi connectivity index (χ4n) is 3.49. The van der Waals surface area contributed by atoms with Gasteiger partial charge in [-0.3, -0.25) is 0 Å². The Morgan fingerprint density at radius 3 is 2.78 bits per heavy atom. The van der Waals surface area contributed by atoms with E-state index in [-0.39, 0.29) is 17.1 Å². The lowest BCUT2D eigenvalue weighted by atomic mass is 9.76. The number of benzene rings is 1. The summed E-state index contributed by atoms with van der Waals surface area (Å²) in [5.41, 5.74) is 3.09. The van der Waals surface area contributed by atoms with Crippen LogP contribution in [-0.2, 0) is 5.41 Å². The van der Waals surface area contributed by atoms with Crippen LogP contribution >= 0.6 is 0 Å². The van der Waals surface area contributed by atoms with Crippen molar-refractivity contribution < 1.29 is 9.15 Å². The third-order valence-corrected chi connectivity index (χ3v) is 5.07. The molecule has 122 valence electrons. The number of hydrogen-bond acceptors (Lipinski definition) is 3. The molecule has 3 nitrogen and oxygen atoms in total. The molecule has 23 heavy (non-hydrogen) atoms. The Hall–Kier alpha value is -2.03. The zero-order valence-electron chi connectivity index (χ0n) is 14.5. The molecule has 1 aliphatic heterocycles. The number of aryl methyl sites for hydroxylation is 1. The van der Waals surface area contributed by atoms with E-state index in [0.29, 0.717) is 11.1 Å². The minimum absolute atomic E-state index is 0.0452. The maximum atomic E-state index is 12.6. The van der Waals surface area contributed by atoms with Crippen LogP contribution in [-0.4, -0.2) is 6.10 Å². The fourth-order valence-corrected chi connectivity index (χ4v) is 3.49. The molecule has 0 unspecified atom stereocenters. The second kappa shape index (κ2) is 5.55. The molecule has 0 saturated heterocycles. The van der Waals surface area contributed by atoms with Crippen LogP contribution in [0.5, 0.6) is 5.75 Å². The molecule has 0 aliphatic carbocycles. The molecule has 2 atom stereocenters. The second-order valence-electron chi connectivity index (χ2n) is 7.04. The Morgan fingerprint density at radius 1 is 1.35 bits per heavy atom. The second-order valence-corrected chi connectivity index (χ2v) is 7.04. The molecular formula is C20H24O3. The molecule has 0 radical (unpaired) electrons. The van der Waals surface area contributed by atoms with Crippen molar-refractivity contribution in [2.45, 2.75) is 59.0 Å². The average molecular weight is 312 g/mol. The highest BCUT2D eigenvalue weighted by Gasteiger charge is 2.46. The van der Waals surface area contributed by atoms with E-state index in [1.165, 1.54) is 5.57 Å². The maximum Gasteiger partial charge on any atom is 0.343 e. The van der Waals surface area contributed by atoms with Gasteiger partial charge in [0.2, 0.25) is 0 Å². The lowest BCUT2D eigenvalue weighted by molar-refractivity contribution is 0.169. The molecule has 0 amide bonds. The molecule has 1 aromatic heterocycles. The monoisotopic (exact) mass is 312 g/mol. The number of ether oxygens (including phenoxy) is 1. The van der Waals surface area contributed by atoms with E-state index in [0.717, 1.165) is 29.5 Å². The van der Waals surface area contributed by atoms with Crippen molar-refractivity contribution >= 4 is 11.0 Å². The fraction of sp³-hybridized carbons (Fsp3) is 0.450. The SMILES string of the molecule is CC(C)=CCC[C@@]1(C)c2c(c3c(C)cccc3oc2=O)O[C@@H]1C. The van der Waals surface area contributed by atoms with E-state index in [2.05, 4.69) is 26.8 Å². The van der Waals surface area contributed by atoms with Crippen LogP contribution < -0.4 is 10.4 Å². The lowest BCUT2D eigenvalue weighted by Crippen LogP contribution is -2.35. The normalized spacial score (nSPS) is 22.7. The van der Waals surface area contributed by atoms with Crippen molar-refractivity contribution in [1.82, 2.24) is 0 Å². The third-order valence-electron chi connectivity index (χ3n) is 5.07. The Kier molecular flexibility index (Phi) is 3.83. The molecule has 2 aromatic rings. The van der Waals surface area contributed by atoms with Crippen LogP contribution in [0.25, 0.3) is 11.0 Å². The first-order chi connectivity index (χ1) is 10.8. The number of allylic oxidation sites excluding steroid dienone is 2. The highest BCUT2D eigenvalue weighted by atomic mass is 16.5. The van der Waals surface area contributed by atoms with E-state index in [9.17, 15) is 4.79 Å². The summed E-state index contributed by atoms with van der Waals surface area (Å²) in [6.45, 7) is 10.4. The first kappa shape index (κ1) is 15.9. The van der Waals surface area contributed by atoms with Crippen molar-refractivity contribution in [3.05, 3.63) is 51.4 Å². The third kappa shape index (κ3) is 2.48. The van der Waals surface area contributed by atoms with Crippen molar-refractivity contribution in [2.75, 3.05) is 0 Å². The summed E-state index contributed by atoms with van der Waals surface area (Å²) < 4.78 is 11.8. The highest BCUT2D eigenvalue weighted by Crippen LogP contribution is 2.47. The van der Waals surface area contributed by atoms with Gasteiger partial charge in [-0.25, -0.2) is 4.79 Å². The van der Waals surface area contributed by atoms with E-state index >= 15 is 0 Å². The molecule has 3 rings (SSSR count). The molecule has 2 heterocycles. The van der Waals surface area contributed by atoms with Crippen LogP contribution in [0.2, 0.25) is 0 Å². The summed E-state index contributed by atoms with van der Waals surface area (Å²) in [7, 11) is 0. The van der Waals surface area contributed by atoms with Gasteiger partial charge in [-0.05, 0) is 52.2 Å². The molecule has 0 bridgehead atoms. The minimum Gasteiger partial charge on any atom is -0.488 e. The zero-order valence-corrected chi connectivity index (χ0v) is 14.5. The summed E-state index contributed by atoms with van der Waals surface area (Å²) in [5, 5.41) is 0.930. The molecule has 0 saturated carbocycles. The average Bonchev–Trinajstić information content (AvgIpc) is 2.71. The first-order valence-corrected chi connectivity index (χ1v) is 8.21. The maximum absolute atomic E-state index is 12.6. The predicted octanol–water partition coefficient (Wildman–Crippen LogP) is 4.89. The number of hydrogen-bond donors (Lipinski definition) is 0. The smallest absolute Gasteiger partial charge is 0.343 e. The Labute approximate surface area is 137 Å². The van der Waals surface area contributed by atoms with Crippen LogP contribution in [0.4, 0.5) is 0 Å². The topological polar surface area (TPSA) is 39.4 Å². The summed E-state index contributed by atoms with van der Waals surface area (Å²) in [6.07, 6.45) is 3.96. The van der Waals surface area contributed by atoms with E-state index in [1.807, 2.05) is 32.0 Å². The summed E-state index contributed by atoms with van der Waals surface area (Å²) in [6, 6.07) is 5.76. The predicted molar refractivity (Wildman–Crippen MR) is 93.3 cm³/mol.